The molecule has 0 spiro atoms. The summed E-state index contributed by atoms with van der Waals surface area (Å²) in [5.41, 5.74) is 2.76. The summed E-state index contributed by atoms with van der Waals surface area (Å²) in [6.07, 6.45) is -0.0961. The summed E-state index contributed by atoms with van der Waals surface area (Å²) in [7, 11) is 2.03. The Morgan fingerprint density at radius 2 is 2.00 bits per heavy atom. The van der Waals surface area contributed by atoms with E-state index in [2.05, 4.69) is 10.2 Å². The number of benzene rings is 3. The Balaban J connectivity index is 1.38. The van der Waals surface area contributed by atoms with Crippen LogP contribution in [0.2, 0.25) is 0 Å². The highest BCUT2D eigenvalue weighted by Gasteiger charge is 2.23. The molecule has 0 saturated carbocycles. The van der Waals surface area contributed by atoms with E-state index in [1.807, 2.05) is 44.3 Å². The van der Waals surface area contributed by atoms with Gasteiger partial charge in [0.1, 0.15) is 30.0 Å². The number of nitrogens with one attached hydrogen (secondary N) is 1. The van der Waals surface area contributed by atoms with E-state index in [4.69, 9.17) is 9.47 Å². The molecule has 0 bridgehead atoms. The molecule has 1 heterocycles. The number of fused-ring (bicyclic) bond motifs is 1. The fraction of sp³-hybridized carbons (Fsp3) is 0.208. The minimum atomic E-state index is -0.397. The average Bonchev–Trinajstić information content (AvgIpc) is 2.72. The van der Waals surface area contributed by atoms with Gasteiger partial charge in [-0.25, -0.2) is 4.39 Å². The predicted octanol–water partition coefficient (Wildman–Crippen LogP) is 4.66. The van der Waals surface area contributed by atoms with Crippen molar-refractivity contribution in [3.8, 4) is 11.5 Å². The van der Waals surface area contributed by atoms with Crippen LogP contribution in [0, 0.1) is 12.7 Å². The Morgan fingerprint density at radius 3 is 2.80 bits per heavy atom. The summed E-state index contributed by atoms with van der Waals surface area (Å²) in [6, 6.07) is 19.0. The van der Waals surface area contributed by atoms with Crippen LogP contribution in [-0.2, 0) is 0 Å². The zero-order valence-electron chi connectivity index (χ0n) is 16.9. The number of nitrogens with zero attached hydrogens (tertiary/aromatic N) is 1. The van der Waals surface area contributed by atoms with Gasteiger partial charge in [0.2, 0.25) is 0 Å². The largest absolute Gasteiger partial charge is 0.490 e. The van der Waals surface area contributed by atoms with Crippen LogP contribution in [-0.4, -0.2) is 32.2 Å². The van der Waals surface area contributed by atoms with Gasteiger partial charge in [-0.1, -0.05) is 18.2 Å². The smallest absolute Gasteiger partial charge is 0.255 e. The van der Waals surface area contributed by atoms with E-state index in [9.17, 15) is 9.18 Å². The first-order valence-electron chi connectivity index (χ1n) is 9.77. The number of ether oxygens (including phenoxy) is 2. The number of carbonyl (C=O) groups excluding carboxylic acids is 1. The van der Waals surface area contributed by atoms with Gasteiger partial charge in [-0.3, -0.25) is 4.79 Å². The first kappa shape index (κ1) is 19.8. The zero-order valence-corrected chi connectivity index (χ0v) is 16.9. The predicted molar refractivity (Wildman–Crippen MR) is 115 cm³/mol. The molecular weight excluding hydrogens is 383 g/mol. The van der Waals surface area contributed by atoms with Gasteiger partial charge in [0, 0.05) is 18.3 Å². The monoisotopic (exact) mass is 406 g/mol. The Kier molecular flexibility index (Phi) is 5.57. The standard InChI is InChI=1S/C24H23FN2O3/c1-16-12-19(10-11-21(16)24(28)26-18-7-5-6-17(25)13-18)29-15-20-14-27(2)22-8-3-4-9-23(22)30-20/h3-13,20H,14-15H2,1-2H3,(H,26,28)/t20-/m0/s1. The molecule has 0 fully saturated rings. The Labute approximate surface area is 175 Å². The molecule has 154 valence electrons. The van der Waals surface area contributed by atoms with Crippen molar-refractivity contribution in [1.82, 2.24) is 0 Å². The van der Waals surface area contributed by atoms with Gasteiger partial charge in [-0.2, -0.15) is 0 Å². The third kappa shape index (κ3) is 4.38. The quantitative estimate of drug-likeness (QED) is 0.669. The second-order valence-electron chi connectivity index (χ2n) is 7.34. The molecule has 4 rings (SSSR count). The molecule has 1 atom stereocenters. The van der Waals surface area contributed by atoms with E-state index < -0.39 is 5.82 Å². The molecule has 0 saturated heterocycles. The number of halogens is 1. The normalized spacial score (nSPS) is 15.2. The third-order valence-electron chi connectivity index (χ3n) is 5.01. The summed E-state index contributed by atoms with van der Waals surface area (Å²) in [6.45, 7) is 2.96. The van der Waals surface area contributed by atoms with Gasteiger partial charge in [0.25, 0.3) is 5.91 Å². The lowest BCUT2D eigenvalue weighted by molar-refractivity contribution is 0.102. The van der Waals surface area contributed by atoms with Crippen molar-refractivity contribution in [1.29, 1.82) is 0 Å². The Hall–Kier alpha value is -3.54. The van der Waals surface area contributed by atoms with Crippen LogP contribution in [0.3, 0.4) is 0 Å². The third-order valence-corrected chi connectivity index (χ3v) is 5.01. The highest BCUT2D eigenvalue weighted by Crippen LogP contribution is 2.32. The van der Waals surface area contributed by atoms with Crippen molar-refractivity contribution in [2.45, 2.75) is 13.0 Å². The van der Waals surface area contributed by atoms with Crippen molar-refractivity contribution in [2.75, 3.05) is 30.4 Å². The molecule has 1 aliphatic heterocycles. The molecule has 0 radical (unpaired) electrons. The van der Waals surface area contributed by atoms with Crippen LogP contribution in [0.15, 0.2) is 66.7 Å². The summed E-state index contributed by atoms with van der Waals surface area (Å²) in [5, 5.41) is 2.71. The number of carbonyl (C=O) groups is 1. The molecule has 0 unspecified atom stereocenters. The van der Waals surface area contributed by atoms with Gasteiger partial charge >= 0.3 is 0 Å². The van der Waals surface area contributed by atoms with Crippen LogP contribution in [0.4, 0.5) is 15.8 Å². The second kappa shape index (κ2) is 8.45. The molecule has 30 heavy (non-hydrogen) atoms. The highest BCUT2D eigenvalue weighted by molar-refractivity contribution is 6.05. The van der Waals surface area contributed by atoms with Crippen molar-refractivity contribution in [2.24, 2.45) is 0 Å². The van der Waals surface area contributed by atoms with Crippen LogP contribution >= 0.6 is 0 Å². The molecule has 3 aromatic rings. The molecule has 0 aliphatic carbocycles. The van der Waals surface area contributed by atoms with E-state index in [0.29, 0.717) is 23.6 Å². The lowest BCUT2D eigenvalue weighted by Crippen LogP contribution is -2.41. The first-order valence-corrected chi connectivity index (χ1v) is 9.77. The summed E-state index contributed by atoms with van der Waals surface area (Å²) in [4.78, 5) is 14.7. The number of likely N-dealkylation sites (N-methyl/N-ethyl adjacent to an activating group) is 1. The zero-order chi connectivity index (χ0) is 21.1. The van der Waals surface area contributed by atoms with E-state index >= 15 is 0 Å². The number of rotatable bonds is 5. The topological polar surface area (TPSA) is 50.8 Å². The molecule has 0 aromatic heterocycles. The minimum Gasteiger partial charge on any atom is -0.490 e. The van der Waals surface area contributed by atoms with E-state index in [1.54, 1.807) is 24.3 Å². The van der Waals surface area contributed by atoms with Gasteiger partial charge in [0.15, 0.2) is 0 Å². The van der Waals surface area contributed by atoms with Crippen LogP contribution in [0.5, 0.6) is 11.5 Å². The number of anilines is 2. The molecule has 1 amide bonds. The minimum absolute atomic E-state index is 0.0961. The molecule has 1 N–H and O–H groups in total. The first-order chi connectivity index (χ1) is 14.5. The van der Waals surface area contributed by atoms with Crippen molar-refractivity contribution < 1.29 is 18.7 Å². The van der Waals surface area contributed by atoms with Crippen molar-refractivity contribution in [3.05, 3.63) is 83.7 Å². The maximum atomic E-state index is 13.3. The van der Waals surface area contributed by atoms with Gasteiger partial charge in [-0.15, -0.1) is 0 Å². The number of hydrogen-bond acceptors (Lipinski definition) is 4. The molecule has 5 nitrogen and oxygen atoms in total. The lowest BCUT2D eigenvalue weighted by atomic mass is 10.1. The van der Waals surface area contributed by atoms with Crippen molar-refractivity contribution in [3.63, 3.8) is 0 Å². The van der Waals surface area contributed by atoms with Crippen LogP contribution in [0.1, 0.15) is 15.9 Å². The van der Waals surface area contributed by atoms with E-state index in [0.717, 1.165) is 23.5 Å². The number of hydrogen-bond donors (Lipinski definition) is 1. The second-order valence-corrected chi connectivity index (χ2v) is 7.34. The SMILES string of the molecule is Cc1cc(OC[C@@H]2CN(C)c3ccccc3O2)ccc1C(=O)Nc1cccc(F)c1. The molecule has 3 aromatic carbocycles. The summed E-state index contributed by atoms with van der Waals surface area (Å²) in [5.74, 6) is 0.824. The summed E-state index contributed by atoms with van der Waals surface area (Å²) < 4.78 is 25.3. The fourth-order valence-electron chi connectivity index (χ4n) is 3.51. The van der Waals surface area contributed by atoms with Gasteiger partial charge in [-0.05, 0) is 61.0 Å². The molecule has 1 aliphatic rings. The highest BCUT2D eigenvalue weighted by atomic mass is 19.1. The average molecular weight is 406 g/mol. The Morgan fingerprint density at radius 1 is 1.17 bits per heavy atom. The van der Waals surface area contributed by atoms with Crippen LogP contribution in [0.25, 0.3) is 0 Å². The maximum Gasteiger partial charge on any atom is 0.255 e. The molecular formula is C24H23FN2O3. The number of amides is 1. The lowest BCUT2D eigenvalue weighted by Gasteiger charge is -2.33. The van der Waals surface area contributed by atoms with E-state index in [-0.39, 0.29) is 12.0 Å². The van der Waals surface area contributed by atoms with Crippen LogP contribution < -0.4 is 19.7 Å². The Bertz CT molecular complexity index is 1070. The summed E-state index contributed by atoms with van der Waals surface area (Å²) >= 11 is 0. The molecule has 6 heteroatoms. The van der Waals surface area contributed by atoms with E-state index in [1.165, 1.54) is 12.1 Å². The number of para-hydroxylation sites is 2. The maximum absolute atomic E-state index is 13.3. The fourth-order valence-corrected chi connectivity index (χ4v) is 3.51. The van der Waals surface area contributed by atoms with Gasteiger partial charge < -0.3 is 19.7 Å². The van der Waals surface area contributed by atoms with Crippen molar-refractivity contribution >= 4 is 17.3 Å². The van der Waals surface area contributed by atoms with Gasteiger partial charge in [0.05, 0.1) is 12.2 Å². The number of aryl methyl sites for hydroxylation is 1.